The molecule has 29 heavy (non-hydrogen) atoms. The number of carbonyl (C=O) groups excluding carboxylic acids is 1. The van der Waals surface area contributed by atoms with Crippen LogP contribution >= 0.6 is 11.5 Å². The van der Waals surface area contributed by atoms with Crippen molar-refractivity contribution in [3.63, 3.8) is 0 Å². The number of rotatable bonds is 5. The molecule has 4 rings (SSSR count). The van der Waals surface area contributed by atoms with E-state index >= 15 is 0 Å². The zero-order valence-electron chi connectivity index (χ0n) is 15.5. The Hall–Kier alpha value is -2.70. The summed E-state index contributed by atoms with van der Waals surface area (Å²) in [7, 11) is -3.56. The Morgan fingerprint density at radius 2 is 1.90 bits per heavy atom. The summed E-state index contributed by atoms with van der Waals surface area (Å²) in [5, 5.41) is 15.5. The van der Waals surface area contributed by atoms with Gasteiger partial charge in [0, 0.05) is 24.0 Å². The van der Waals surface area contributed by atoms with E-state index < -0.39 is 15.9 Å². The first-order valence-corrected chi connectivity index (χ1v) is 11.2. The molecule has 0 radical (unpaired) electrons. The molecule has 10 nitrogen and oxygen atoms in total. The number of carbonyl (C=O) groups is 1. The molecule has 1 N–H and O–H groups in total. The summed E-state index contributed by atoms with van der Waals surface area (Å²) in [6, 6.07) is 5.69. The van der Waals surface area contributed by atoms with E-state index in [-0.39, 0.29) is 22.4 Å². The van der Waals surface area contributed by atoms with Crippen LogP contribution in [0, 0.1) is 5.92 Å². The largest absolute Gasteiger partial charge is 0.401 e. The summed E-state index contributed by atoms with van der Waals surface area (Å²) in [5.74, 6) is 0.184. The van der Waals surface area contributed by atoms with Crippen LogP contribution in [0.2, 0.25) is 0 Å². The average Bonchev–Trinajstić information content (AvgIpc) is 3.40. The van der Waals surface area contributed by atoms with Gasteiger partial charge >= 0.3 is 6.01 Å². The molecule has 0 unspecified atom stereocenters. The summed E-state index contributed by atoms with van der Waals surface area (Å²) in [6.45, 7) is 3.15. The number of hydrogen-bond acceptors (Lipinski definition) is 9. The Bertz CT molecular complexity index is 1090. The van der Waals surface area contributed by atoms with Crippen LogP contribution in [0.3, 0.4) is 0 Å². The first-order valence-electron chi connectivity index (χ1n) is 8.96. The molecule has 152 valence electrons. The van der Waals surface area contributed by atoms with Gasteiger partial charge in [-0.15, -0.1) is 10.2 Å². The first-order chi connectivity index (χ1) is 13.9. The highest BCUT2D eigenvalue weighted by atomic mass is 32.2. The molecule has 1 saturated heterocycles. The van der Waals surface area contributed by atoms with Crippen molar-refractivity contribution in [2.75, 3.05) is 18.4 Å². The topological polar surface area (TPSA) is 131 Å². The van der Waals surface area contributed by atoms with Gasteiger partial charge in [0.05, 0.1) is 4.90 Å². The third-order valence-corrected chi connectivity index (χ3v) is 7.14. The van der Waals surface area contributed by atoms with Crippen LogP contribution < -0.4 is 5.32 Å². The average molecular weight is 435 g/mol. The number of benzene rings is 1. The van der Waals surface area contributed by atoms with Gasteiger partial charge in [-0.25, -0.2) is 8.42 Å². The maximum Gasteiger partial charge on any atom is 0.322 e. The van der Waals surface area contributed by atoms with E-state index in [9.17, 15) is 13.2 Å². The third-order valence-electron chi connectivity index (χ3n) is 4.72. The number of nitrogens with zero attached hydrogens (tertiary/aromatic N) is 5. The molecule has 0 bridgehead atoms. The minimum absolute atomic E-state index is 0.0860. The van der Waals surface area contributed by atoms with Gasteiger partial charge in [-0.1, -0.05) is 16.5 Å². The molecular weight excluding hydrogens is 416 g/mol. The third kappa shape index (κ3) is 4.18. The highest BCUT2D eigenvalue weighted by molar-refractivity contribution is 7.89. The number of nitrogens with one attached hydrogen (secondary N) is 1. The fraction of sp³-hybridized carbons (Fsp3) is 0.353. The molecular formula is C17H18N6O4S2. The van der Waals surface area contributed by atoms with Crippen LogP contribution in [0.4, 0.5) is 6.01 Å². The molecule has 1 aliphatic rings. The number of piperidine rings is 1. The van der Waals surface area contributed by atoms with Gasteiger partial charge in [0.2, 0.25) is 10.0 Å². The molecule has 3 aromatic rings. The maximum absolute atomic E-state index is 12.8. The lowest BCUT2D eigenvalue weighted by Gasteiger charge is -2.29. The normalized spacial score (nSPS) is 16.0. The highest BCUT2D eigenvalue weighted by Crippen LogP contribution is 2.24. The van der Waals surface area contributed by atoms with Gasteiger partial charge in [0.25, 0.3) is 11.8 Å². The summed E-state index contributed by atoms with van der Waals surface area (Å²) in [5.41, 5.74) is 0.691. The van der Waals surface area contributed by atoms with E-state index in [1.165, 1.54) is 28.6 Å². The van der Waals surface area contributed by atoms with Gasteiger partial charge < -0.3 is 4.42 Å². The van der Waals surface area contributed by atoms with E-state index in [1.54, 1.807) is 5.38 Å². The van der Waals surface area contributed by atoms with E-state index in [1.807, 2.05) is 0 Å². The SMILES string of the molecule is CC1CCN(S(=O)(=O)c2ccc(C(=O)Nc3nnc(-c4csnn4)o3)cc2)CC1. The van der Waals surface area contributed by atoms with Crippen LogP contribution in [0.25, 0.3) is 11.6 Å². The molecule has 0 atom stereocenters. The minimum Gasteiger partial charge on any atom is -0.401 e. The van der Waals surface area contributed by atoms with Crippen molar-refractivity contribution in [2.24, 2.45) is 5.92 Å². The standard InChI is InChI=1S/C17H18N6O4S2/c1-11-6-8-23(9-7-11)29(25,26)13-4-2-12(3-5-13)15(24)18-17-21-20-16(27-17)14-10-28-22-19-14/h2-5,10-11H,6-9H2,1H3,(H,18,21,24). The summed E-state index contributed by atoms with van der Waals surface area (Å²) >= 11 is 1.14. The zero-order chi connectivity index (χ0) is 20.4. The Kier molecular flexibility index (Phi) is 5.39. The predicted molar refractivity (Wildman–Crippen MR) is 105 cm³/mol. The van der Waals surface area contributed by atoms with E-state index in [2.05, 4.69) is 32.0 Å². The van der Waals surface area contributed by atoms with Crippen molar-refractivity contribution in [3.8, 4) is 11.6 Å². The van der Waals surface area contributed by atoms with Crippen LogP contribution in [0.5, 0.6) is 0 Å². The monoisotopic (exact) mass is 434 g/mol. The number of anilines is 1. The lowest BCUT2D eigenvalue weighted by Crippen LogP contribution is -2.37. The molecule has 1 amide bonds. The summed E-state index contributed by atoms with van der Waals surface area (Å²) in [6.07, 6.45) is 1.70. The van der Waals surface area contributed by atoms with Crippen molar-refractivity contribution < 1.29 is 17.6 Å². The molecule has 0 aliphatic carbocycles. The zero-order valence-corrected chi connectivity index (χ0v) is 17.1. The molecule has 12 heteroatoms. The predicted octanol–water partition coefficient (Wildman–Crippen LogP) is 2.26. The molecule has 2 aromatic heterocycles. The molecule has 1 aromatic carbocycles. The smallest absolute Gasteiger partial charge is 0.322 e. The fourth-order valence-corrected chi connectivity index (χ4v) is 4.86. The second kappa shape index (κ2) is 7.97. The van der Waals surface area contributed by atoms with Crippen molar-refractivity contribution in [1.82, 2.24) is 24.1 Å². The lowest BCUT2D eigenvalue weighted by molar-refractivity contribution is 0.102. The number of hydrogen-bond donors (Lipinski definition) is 1. The van der Waals surface area contributed by atoms with Crippen LogP contribution in [-0.2, 0) is 10.0 Å². The first kappa shape index (κ1) is 19.6. The van der Waals surface area contributed by atoms with E-state index in [4.69, 9.17) is 4.42 Å². The second-order valence-corrected chi connectivity index (χ2v) is 9.32. The fourth-order valence-electron chi connectivity index (χ4n) is 2.96. The van der Waals surface area contributed by atoms with E-state index in [0.717, 1.165) is 24.4 Å². The number of sulfonamides is 1. The molecule has 0 spiro atoms. The van der Waals surface area contributed by atoms with Gasteiger partial charge in [-0.3, -0.25) is 10.1 Å². The van der Waals surface area contributed by atoms with Gasteiger partial charge in [0.15, 0.2) is 5.69 Å². The van der Waals surface area contributed by atoms with Crippen molar-refractivity contribution in [3.05, 3.63) is 35.2 Å². The molecule has 1 aliphatic heterocycles. The lowest BCUT2D eigenvalue weighted by atomic mass is 10.0. The van der Waals surface area contributed by atoms with Gasteiger partial charge in [-0.2, -0.15) is 4.31 Å². The summed E-state index contributed by atoms with van der Waals surface area (Å²) in [4.78, 5) is 12.6. The number of amides is 1. The minimum atomic E-state index is -3.56. The van der Waals surface area contributed by atoms with Crippen molar-refractivity contribution in [1.29, 1.82) is 0 Å². The quantitative estimate of drug-likeness (QED) is 0.647. The maximum atomic E-state index is 12.8. The Morgan fingerprint density at radius 1 is 1.17 bits per heavy atom. The molecule has 1 fully saturated rings. The van der Waals surface area contributed by atoms with Crippen LogP contribution in [-0.4, -0.2) is 51.5 Å². The Morgan fingerprint density at radius 3 is 2.55 bits per heavy atom. The Balaban J connectivity index is 1.44. The highest BCUT2D eigenvalue weighted by Gasteiger charge is 2.28. The van der Waals surface area contributed by atoms with Crippen LogP contribution in [0.15, 0.2) is 39.0 Å². The van der Waals surface area contributed by atoms with Crippen molar-refractivity contribution >= 4 is 33.5 Å². The Labute approximate surface area is 171 Å². The number of aromatic nitrogens is 4. The molecule has 0 saturated carbocycles. The van der Waals surface area contributed by atoms with Gasteiger partial charge in [0.1, 0.15) is 0 Å². The van der Waals surface area contributed by atoms with Gasteiger partial charge in [-0.05, 0) is 54.6 Å². The van der Waals surface area contributed by atoms with E-state index in [0.29, 0.717) is 24.7 Å². The second-order valence-electron chi connectivity index (χ2n) is 6.77. The molecule has 3 heterocycles. The summed E-state index contributed by atoms with van der Waals surface area (Å²) < 4.78 is 36.1. The van der Waals surface area contributed by atoms with Crippen molar-refractivity contribution in [2.45, 2.75) is 24.7 Å². The van der Waals surface area contributed by atoms with Crippen LogP contribution in [0.1, 0.15) is 30.1 Å².